The average Bonchev–Trinajstić information content (AvgIpc) is 2.92. The van der Waals surface area contributed by atoms with Gasteiger partial charge in [0, 0.05) is 18.5 Å². The lowest BCUT2D eigenvalue weighted by Crippen LogP contribution is -2.39. The van der Waals surface area contributed by atoms with Crippen LogP contribution in [0.5, 0.6) is 17.2 Å². The molecule has 25 heavy (non-hydrogen) atoms. The van der Waals surface area contributed by atoms with Gasteiger partial charge < -0.3 is 24.8 Å². The Morgan fingerprint density at radius 1 is 1.08 bits per heavy atom. The lowest BCUT2D eigenvalue weighted by molar-refractivity contribution is -0.117. The van der Waals surface area contributed by atoms with Crippen molar-refractivity contribution >= 4 is 24.0 Å². The molecule has 0 saturated carbocycles. The summed E-state index contributed by atoms with van der Waals surface area (Å²) in [5, 5.41) is 6.57. The minimum Gasteiger partial charge on any atom is -0.493 e. The molecular formula is C18H27ClN2O4. The maximum absolute atomic E-state index is 12.5. The van der Waals surface area contributed by atoms with Crippen LogP contribution in [-0.4, -0.2) is 39.3 Å². The van der Waals surface area contributed by atoms with Gasteiger partial charge in [0.2, 0.25) is 11.7 Å². The second-order valence-electron chi connectivity index (χ2n) is 6.61. The van der Waals surface area contributed by atoms with Gasteiger partial charge in [-0.25, -0.2) is 0 Å². The molecule has 6 nitrogen and oxygen atoms in total. The highest BCUT2D eigenvalue weighted by molar-refractivity contribution is 5.93. The van der Waals surface area contributed by atoms with Crippen LogP contribution in [0.1, 0.15) is 32.1 Å². The van der Waals surface area contributed by atoms with Crippen molar-refractivity contribution < 1.29 is 19.0 Å². The lowest BCUT2D eigenvalue weighted by Gasteiger charge is -2.28. The Hall–Kier alpha value is -1.66. The molecule has 1 amide bonds. The first-order valence-electron chi connectivity index (χ1n) is 8.49. The van der Waals surface area contributed by atoms with Gasteiger partial charge in [0.1, 0.15) is 0 Å². The summed E-state index contributed by atoms with van der Waals surface area (Å²) in [6.07, 6.45) is 5.21. The predicted octanol–water partition coefficient (Wildman–Crippen LogP) is 2.99. The molecule has 2 aliphatic heterocycles. The highest BCUT2D eigenvalue weighted by atomic mass is 35.5. The number of ether oxygens (including phenoxy) is 3. The Labute approximate surface area is 155 Å². The maximum atomic E-state index is 12.5. The van der Waals surface area contributed by atoms with Crippen LogP contribution in [0, 0.1) is 5.92 Å². The van der Waals surface area contributed by atoms with Crippen LogP contribution in [0.3, 0.4) is 0 Å². The number of rotatable bonds is 6. The van der Waals surface area contributed by atoms with E-state index in [0.717, 1.165) is 12.8 Å². The summed E-state index contributed by atoms with van der Waals surface area (Å²) in [6, 6.07) is 4.74. The van der Waals surface area contributed by atoms with Gasteiger partial charge in [-0.15, -0.1) is 12.4 Å². The third-order valence-corrected chi connectivity index (χ3v) is 5.02. The summed E-state index contributed by atoms with van der Waals surface area (Å²) < 4.78 is 16.0. The van der Waals surface area contributed by atoms with Gasteiger partial charge in [-0.1, -0.05) is 0 Å². The van der Waals surface area contributed by atoms with Crippen LogP contribution in [0.4, 0.5) is 5.69 Å². The Morgan fingerprint density at radius 3 is 2.28 bits per heavy atom. The average molecular weight is 371 g/mol. The Kier molecular flexibility index (Phi) is 6.79. The highest BCUT2D eigenvalue weighted by Crippen LogP contribution is 2.42. The molecule has 2 atom stereocenters. The molecule has 2 N–H and O–H groups in total. The van der Waals surface area contributed by atoms with Gasteiger partial charge in [0.05, 0.1) is 27.0 Å². The number of fused-ring (bicyclic) bond motifs is 2. The van der Waals surface area contributed by atoms with E-state index in [1.807, 2.05) is 0 Å². The fourth-order valence-electron chi connectivity index (χ4n) is 4.00. The molecule has 7 heteroatoms. The number of hydrogen-bond donors (Lipinski definition) is 2. The summed E-state index contributed by atoms with van der Waals surface area (Å²) in [6.45, 7) is 0. The van der Waals surface area contributed by atoms with Crippen LogP contribution in [0.2, 0.25) is 0 Å². The fraction of sp³-hybridized carbons (Fsp3) is 0.611. The zero-order valence-corrected chi connectivity index (χ0v) is 15.8. The minimum atomic E-state index is 0. The molecule has 140 valence electrons. The lowest BCUT2D eigenvalue weighted by atomic mass is 9.89. The van der Waals surface area contributed by atoms with Crippen molar-refractivity contribution in [3.63, 3.8) is 0 Å². The first kappa shape index (κ1) is 19.7. The van der Waals surface area contributed by atoms with E-state index in [9.17, 15) is 4.79 Å². The van der Waals surface area contributed by atoms with Crippen LogP contribution in [-0.2, 0) is 4.79 Å². The van der Waals surface area contributed by atoms with E-state index in [2.05, 4.69) is 10.6 Å². The van der Waals surface area contributed by atoms with E-state index in [1.54, 1.807) is 33.5 Å². The number of hydrogen-bond acceptors (Lipinski definition) is 5. The molecular weight excluding hydrogens is 344 g/mol. The van der Waals surface area contributed by atoms with Gasteiger partial charge in [-0.3, -0.25) is 4.79 Å². The van der Waals surface area contributed by atoms with Crippen LogP contribution in [0.25, 0.3) is 0 Å². The van der Waals surface area contributed by atoms with E-state index in [0.29, 0.717) is 47.4 Å². The SMILES string of the molecule is COc1ccc(NC(=O)CC2CC3CCC(C2)N3)c(OC)c1OC.Cl. The topological polar surface area (TPSA) is 68.8 Å². The van der Waals surface area contributed by atoms with Crippen LogP contribution < -0.4 is 24.8 Å². The zero-order chi connectivity index (χ0) is 17.1. The summed E-state index contributed by atoms with van der Waals surface area (Å²) in [4.78, 5) is 12.5. The van der Waals surface area contributed by atoms with Crippen molar-refractivity contribution in [2.75, 3.05) is 26.6 Å². The van der Waals surface area contributed by atoms with Crippen LogP contribution >= 0.6 is 12.4 Å². The number of methoxy groups -OCH3 is 3. The number of nitrogens with one attached hydrogen (secondary N) is 2. The first-order chi connectivity index (χ1) is 11.6. The van der Waals surface area contributed by atoms with Gasteiger partial charge in [0.15, 0.2) is 11.5 Å². The molecule has 1 aromatic rings. The van der Waals surface area contributed by atoms with Crippen molar-refractivity contribution in [3.05, 3.63) is 12.1 Å². The molecule has 0 aliphatic carbocycles. The summed E-state index contributed by atoms with van der Waals surface area (Å²) in [7, 11) is 4.68. The number of halogens is 1. The molecule has 2 bridgehead atoms. The molecule has 2 heterocycles. The molecule has 3 rings (SSSR count). The van der Waals surface area contributed by atoms with E-state index >= 15 is 0 Å². The smallest absolute Gasteiger partial charge is 0.224 e. The molecule has 1 aromatic carbocycles. The zero-order valence-electron chi connectivity index (χ0n) is 15.0. The number of benzene rings is 1. The monoisotopic (exact) mass is 370 g/mol. The fourth-order valence-corrected chi connectivity index (χ4v) is 4.00. The minimum absolute atomic E-state index is 0. The maximum Gasteiger partial charge on any atom is 0.224 e. The molecule has 2 saturated heterocycles. The largest absolute Gasteiger partial charge is 0.493 e. The van der Waals surface area contributed by atoms with Crippen molar-refractivity contribution in [3.8, 4) is 17.2 Å². The van der Waals surface area contributed by atoms with Crippen molar-refractivity contribution in [1.82, 2.24) is 5.32 Å². The van der Waals surface area contributed by atoms with Gasteiger partial charge in [0.25, 0.3) is 0 Å². The Balaban J connectivity index is 0.00000225. The summed E-state index contributed by atoms with van der Waals surface area (Å²) in [5.41, 5.74) is 0.608. The second-order valence-corrected chi connectivity index (χ2v) is 6.61. The van der Waals surface area contributed by atoms with E-state index in [1.165, 1.54) is 12.8 Å². The summed E-state index contributed by atoms with van der Waals surface area (Å²) in [5.74, 6) is 2.01. The number of anilines is 1. The molecule has 2 unspecified atom stereocenters. The molecule has 2 fully saturated rings. The molecule has 2 aliphatic rings. The third kappa shape index (κ3) is 4.30. The van der Waals surface area contributed by atoms with Crippen molar-refractivity contribution in [2.24, 2.45) is 5.92 Å². The number of amides is 1. The number of carbonyl (C=O) groups excluding carboxylic acids is 1. The molecule has 0 radical (unpaired) electrons. The Bertz CT molecular complexity index is 599. The van der Waals surface area contributed by atoms with E-state index in [-0.39, 0.29) is 18.3 Å². The van der Waals surface area contributed by atoms with E-state index < -0.39 is 0 Å². The molecule has 0 aromatic heterocycles. The van der Waals surface area contributed by atoms with Crippen molar-refractivity contribution in [1.29, 1.82) is 0 Å². The predicted molar refractivity (Wildman–Crippen MR) is 99.3 cm³/mol. The van der Waals surface area contributed by atoms with Gasteiger partial charge in [-0.2, -0.15) is 0 Å². The number of carbonyl (C=O) groups is 1. The second kappa shape index (κ2) is 8.63. The standard InChI is InChI=1S/C18H26N2O4.ClH/c1-22-15-7-6-14(17(23-2)18(15)24-3)20-16(21)10-11-8-12-4-5-13(9-11)19-12;/h6-7,11-13,19H,4-5,8-10H2,1-3H3,(H,20,21);1H. The van der Waals surface area contributed by atoms with Gasteiger partial charge >= 0.3 is 0 Å². The Morgan fingerprint density at radius 2 is 1.72 bits per heavy atom. The van der Waals surface area contributed by atoms with Gasteiger partial charge in [-0.05, 0) is 43.7 Å². The summed E-state index contributed by atoms with van der Waals surface area (Å²) >= 11 is 0. The van der Waals surface area contributed by atoms with Crippen molar-refractivity contribution in [2.45, 2.75) is 44.2 Å². The quantitative estimate of drug-likeness (QED) is 0.805. The van der Waals surface area contributed by atoms with E-state index in [4.69, 9.17) is 14.2 Å². The third-order valence-electron chi connectivity index (χ3n) is 5.02. The first-order valence-corrected chi connectivity index (χ1v) is 8.49. The normalized spacial score (nSPS) is 24.2. The number of piperidine rings is 1. The highest BCUT2D eigenvalue weighted by Gasteiger charge is 2.34. The van der Waals surface area contributed by atoms with Crippen LogP contribution in [0.15, 0.2) is 12.1 Å². The molecule has 0 spiro atoms.